The Morgan fingerprint density at radius 3 is 2.25 bits per heavy atom. The summed E-state index contributed by atoms with van der Waals surface area (Å²) in [7, 11) is 0. The monoisotopic (exact) mass is 282 g/mol. The van der Waals surface area contributed by atoms with E-state index in [0.29, 0.717) is 0 Å². The van der Waals surface area contributed by atoms with Crippen LogP contribution in [-0.4, -0.2) is 73.1 Å². The minimum Gasteiger partial charge on any atom is -0.330 e. The van der Waals surface area contributed by atoms with Crippen LogP contribution in [-0.2, 0) is 0 Å². The number of nitrogens with two attached hydrogens (primary N) is 1. The molecule has 0 aromatic heterocycles. The number of likely N-dealkylation sites (tertiary alicyclic amines) is 1. The lowest BCUT2D eigenvalue weighted by Crippen LogP contribution is -2.43. The fraction of sp³-hybridized carbons (Fsp3) is 0.933. The first-order valence-corrected chi connectivity index (χ1v) is 8.27. The minimum atomic E-state index is 0.271. The summed E-state index contributed by atoms with van der Waals surface area (Å²) in [6, 6.07) is 0.271. The molecule has 0 radical (unpaired) electrons. The molecule has 0 aromatic rings. The molecule has 0 unspecified atom stereocenters. The lowest BCUT2D eigenvalue weighted by atomic mass is 10.2. The van der Waals surface area contributed by atoms with E-state index in [0.717, 1.165) is 65.2 Å². The average Bonchev–Trinajstić information content (AvgIpc) is 2.89. The van der Waals surface area contributed by atoms with E-state index >= 15 is 0 Å². The van der Waals surface area contributed by atoms with Gasteiger partial charge in [-0.05, 0) is 51.7 Å². The lowest BCUT2D eigenvalue weighted by Gasteiger charge is -2.26. The fourth-order valence-corrected chi connectivity index (χ4v) is 3.15. The zero-order valence-electron chi connectivity index (χ0n) is 12.7. The number of carbonyl (C=O) groups is 1. The van der Waals surface area contributed by atoms with Gasteiger partial charge in [-0.3, -0.25) is 0 Å². The molecule has 2 rings (SSSR count). The highest BCUT2D eigenvalue weighted by atomic mass is 16.2. The van der Waals surface area contributed by atoms with Crippen molar-refractivity contribution in [1.29, 1.82) is 0 Å². The van der Waals surface area contributed by atoms with Gasteiger partial charge in [0, 0.05) is 32.7 Å². The molecule has 2 aliphatic rings. The number of urea groups is 1. The van der Waals surface area contributed by atoms with Crippen LogP contribution in [0.4, 0.5) is 4.79 Å². The van der Waals surface area contributed by atoms with Gasteiger partial charge in [-0.2, -0.15) is 0 Å². The summed E-state index contributed by atoms with van der Waals surface area (Å²) in [5, 5.41) is 0. The van der Waals surface area contributed by atoms with Gasteiger partial charge in [-0.15, -0.1) is 0 Å². The standard InChI is InChI=1S/C15H30N4O/c16-7-2-1-3-8-17-9-6-12-19(14-13-17)15(20)18-10-4-5-11-18/h1-14,16H2. The Hall–Kier alpha value is -0.810. The van der Waals surface area contributed by atoms with Crippen molar-refractivity contribution < 1.29 is 4.79 Å². The Balaban J connectivity index is 1.69. The number of hydrogen-bond acceptors (Lipinski definition) is 3. The van der Waals surface area contributed by atoms with Crippen LogP contribution in [0.2, 0.25) is 0 Å². The number of rotatable bonds is 5. The maximum atomic E-state index is 12.4. The Bertz CT molecular complexity index is 292. The second-order valence-corrected chi connectivity index (χ2v) is 6.01. The molecule has 2 heterocycles. The SMILES string of the molecule is NCCCCCN1CCCN(C(=O)N2CCCC2)CC1. The third-order valence-electron chi connectivity index (χ3n) is 4.41. The van der Waals surface area contributed by atoms with Crippen molar-refractivity contribution in [2.45, 2.75) is 38.5 Å². The van der Waals surface area contributed by atoms with Crippen LogP contribution >= 0.6 is 0 Å². The Kier molecular flexibility index (Phi) is 6.60. The second-order valence-electron chi connectivity index (χ2n) is 6.01. The van der Waals surface area contributed by atoms with Crippen molar-refractivity contribution in [3.05, 3.63) is 0 Å². The summed E-state index contributed by atoms with van der Waals surface area (Å²) >= 11 is 0. The van der Waals surface area contributed by atoms with E-state index in [1.165, 1.54) is 25.7 Å². The molecule has 0 aromatic carbocycles. The van der Waals surface area contributed by atoms with Crippen molar-refractivity contribution in [3.8, 4) is 0 Å². The zero-order chi connectivity index (χ0) is 14.2. The van der Waals surface area contributed by atoms with E-state index in [2.05, 4.69) is 9.80 Å². The number of carbonyl (C=O) groups excluding carboxylic acids is 1. The highest BCUT2D eigenvalue weighted by Gasteiger charge is 2.25. The van der Waals surface area contributed by atoms with Crippen LogP contribution in [0.1, 0.15) is 38.5 Å². The maximum absolute atomic E-state index is 12.4. The molecule has 5 heteroatoms. The zero-order valence-corrected chi connectivity index (χ0v) is 12.7. The minimum absolute atomic E-state index is 0.271. The Morgan fingerprint density at radius 2 is 1.50 bits per heavy atom. The van der Waals surface area contributed by atoms with E-state index in [-0.39, 0.29) is 6.03 Å². The normalized spacial score (nSPS) is 21.2. The summed E-state index contributed by atoms with van der Waals surface area (Å²) < 4.78 is 0. The maximum Gasteiger partial charge on any atom is 0.320 e. The van der Waals surface area contributed by atoms with Crippen LogP contribution in [0, 0.1) is 0 Å². The van der Waals surface area contributed by atoms with E-state index in [1.54, 1.807) is 0 Å². The molecule has 0 bridgehead atoms. The van der Waals surface area contributed by atoms with Crippen molar-refractivity contribution >= 4 is 6.03 Å². The first-order valence-electron chi connectivity index (χ1n) is 8.27. The van der Waals surface area contributed by atoms with Gasteiger partial charge in [0.2, 0.25) is 0 Å². The first-order chi connectivity index (χ1) is 9.81. The van der Waals surface area contributed by atoms with Crippen molar-refractivity contribution in [2.75, 3.05) is 52.4 Å². The summed E-state index contributed by atoms with van der Waals surface area (Å²) in [4.78, 5) is 19.0. The van der Waals surface area contributed by atoms with Crippen molar-refractivity contribution in [1.82, 2.24) is 14.7 Å². The third kappa shape index (κ3) is 4.63. The van der Waals surface area contributed by atoms with Crippen LogP contribution in [0.3, 0.4) is 0 Å². The molecule has 0 saturated carbocycles. The predicted molar refractivity (Wildman–Crippen MR) is 81.7 cm³/mol. The quantitative estimate of drug-likeness (QED) is 0.774. The van der Waals surface area contributed by atoms with E-state index in [1.807, 2.05) is 4.90 Å². The van der Waals surface area contributed by atoms with Gasteiger partial charge in [-0.1, -0.05) is 6.42 Å². The van der Waals surface area contributed by atoms with Crippen LogP contribution in [0.5, 0.6) is 0 Å². The molecule has 2 amide bonds. The molecular formula is C15H30N4O. The molecule has 0 spiro atoms. The summed E-state index contributed by atoms with van der Waals surface area (Å²) in [5.41, 5.74) is 5.52. The lowest BCUT2D eigenvalue weighted by molar-refractivity contribution is 0.163. The van der Waals surface area contributed by atoms with Gasteiger partial charge in [0.1, 0.15) is 0 Å². The van der Waals surface area contributed by atoms with E-state index < -0.39 is 0 Å². The van der Waals surface area contributed by atoms with Crippen LogP contribution in [0.15, 0.2) is 0 Å². The van der Waals surface area contributed by atoms with Crippen LogP contribution in [0.25, 0.3) is 0 Å². The van der Waals surface area contributed by atoms with Gasteiger partial charge < -0.3 is 20.4 Å². The summed E-state index contributed by atoms with van der Waals surface area (Å²) in [6.07, 6.45) is 7.05. The summed E-state index contributed by atoms with van der Waals surface area (Å²) in [6.45, 7) is 7.86. The Morgan fingerprint density at radius 1 is 0.800 bits per heavy atom. The van der Waals surface area contributed by atoms with Gasteiger partial charge >= 0.3 is 6.03 Å². The van der Waals surface area contributed by atoms with Crippen molar-refractivity contribution in [2.24, 2.45) is 5.73 Å². The molecule has 0 aliphatic carbocycles. The highest BCUT2D eigenvalue weighted by Crippen LogP contribution is 2.13. The van der Waals surface area contributed by atoms with Crippen molar-refractivity contribution in [3.63, 3.8) is 0 Å². The van der Waals surface area contributed by atoms with Crippen LogP contribution < -0.4 is 5.73 Å². The third-order valence-corrected chi connectivity index (χ3v) is 4.41. The van der Waals surface area contributed by atoms with Gasteiger partial charge in [0.25, 0.3) is 0 Å². The average molecular weight is 282 g/mol. The Labute approximate surface area is 123 Å². The molecule has 2 fully saturated rings. The van der Waals surface area contributed by atoms with Gasteiger partial charge in [-0.25, -0.2) is 4.79 Å². The van der Waals surface area contributed by atoms with Gasteiger partial charge in [0.15, 0.2) is 0 Å². The predicted octanol–water partition coefficient (Wildman–Crippen LogP) is 1.34. The van der Waals surface area contributed by atoms with Gasteiger partial charge in [0.05, 0.1) is 0 Å². The number of hydrogen-bond donors (Lipinski definition) is 1. The molecule has 2 saturated heterocycles. The second kappa shape index (κ2) is 8.47. The fourth-order valence-electron chi connectivity index (χ4n) is 3.15. The molecule has 2 N–H and O–H groups in total. The largest absolute Gasteiger partial charge is 0.330 e. The molecule has 2 aliphatic heterocycles. The number of amides is 2. The molecule has 5 nitrogen and oxygen atoms in total. The van der Waals surface area contributed by atoms with E-state index in [4.69, 9.17) is 5.73 Å². The van der Waals surface area contributed by atoms with E-state index in [9.17, 15) is 4.79 Å². The topological polar surface area (TPSA) is 52.8 Å². The first kappa shape index (κ1) is 15.6. The molecule has 0 atom stereocenters. The summed E-state index contributed by atoms with van der Waals surface area (Å²) in [5.74, 6) is 0. The molecule has 116 valence electrons. The number of nitrogens with zero attached hydrogens (tertiary/aromatic N) is 3. The smallest absolute Gasteiger partial charge is 0.320 e. The number of unbranched alkanes of at least 4 members (excludes halogenated alkanes) is 2. The highest BCUT2D eigenvalue weighted by molar-refractivity contribution is 5.74. The molecular weight excluding hydrogens is 252 g/mol. The molecule has 20 heavy (non-hydrogen) atoms.